The molecule has 9 rings (SSSR count). The third kappa shape index (κ3) is 3.94. The minimum atomic E-state index is -0.195. The van der Waals surface area contributed by atoms with Crippen LogP contribution in [0.15, 0.2) is 53.5 Å². The highest BCUT2D eigenvalue weighted by Gasteiger charge is 2.48. The van der Waals surface area contributed by atoms with Crippen molar-refractivity contribution in [1.82, 2.24) is 29.2 Å². The Morgan fingerprint density at radius 1 is 1.00 bits per heavy atom. The van der Waals surface area contributed by atoms with Crippen molar-refractivity contribution < 1.29 is 9.53 Å². The first-order valence-electron chi connectivity index (χ1n) is 15.1. The summed E-state index contributed by atoms with van der Waals surface area (Å²) in [5.41, 5.74) is 4.32. The molecule has 11 nitrogen and oxygen atoms in total. The van der Waals surface area contributed by atoms with Crippen LogP contribution in [0.25, 0.3) is 16.9 Å². The zero-order chi connectivity index (χ0) is 28.9. The largest absolute Gasteiger partial charge is 0.480 e. The lowest BCUT2D eigenvalue weighted by Crippen LogP contribution is -2.43. The minimum absolute atomic E-state index is 0.000670. The molecule has 1 aromatic carbocycles. The lowest BCUT2D eigenvalue weighted by atomic mass is 9.87. The standard InChI is InChI=1S/C32H32N8O3/c1-37-16-20-14-21(4-5-23(20)32(19-37)11-12-32)34-30-33-15-22-27(36-30)40-25-7-6-24-28(35-25)38(26(41)17-43-24)18-31(9-10-31)8-2-3-13-39(40)29(22)42/h2-7,14-15H,8-13,16-19H2,1H3,(H,33,34,36). The number of fused-ring (bicyclic) bond motifs is 7. The average molecular weight is 577 g/mol. The molecule has 1 N–H and O–H groups in total. The minimum Gasteiger partial charge on any atom is -0.480 e. The monoisotopic (exact) mass is 576 g/mol. The van der Waals surface area contributed by atoms with Crippen LogP contribution < -0.4 is 20.5 Å². The molecule has 0 atom stereocenters. The van der Waals surface area contributed by atoms with Gasteiger partial charge in [0.05, 0.1) is 6.54 Å². The fourth-order valence-electron chi connectivity index (χ4n) is 7.26. The van der Waals surface area contributed by atoms with Gasteiger partial charge in [0.25, 0.3) is 11.5 Å². The van der Waals surface area contributed by atoms with Crippen LogP contribution in [-0.2, 0) is 23.3 Å². The highest BCUT2D eigenvalue weighted by Crippen LogP contribution is 2.53. The normalized spacial score (nSPS) is 21.1. The lowest BCUT2D eigenvalue weighted by molar-refractivity contribution is -0.121. The van der Waals surface area contributed by atoms with Gasteiger partial charge in [-0.3, -0.25) is 14.5 Å². The number of hydrogen-bond donors (Lipinski definition) is 1. The summed E-state index contributed by atoms with van der Waals surface area (Å²) in [7, 11) is 2.18. The van der Waals surface area contributed by atoms with E-state index in [-0.39, 0.29) is 23.5 Å². The van der Waals surface area contributed by atoms with Crippen LogP contribution in [-0.4, -0.2) is 61.9 Å². The number of pyridine rings is 1. The van der Waals surface area contributed by atoms with Gasteiger partial charge in [-0.05, 0) is 80.0 Å². The maximum Gasteiger partial charge on any atom is 0.278 e. The molecule has 43 heavy (non-hydrogen) atoms. The van der Waals surface area contributed by atoms with Gasteiger partial charge >= 0.3 is 0 Å². The van der Waals surface area contributed by atoms with E-state index in [2.05, 4.69) is 46.5 Å². The number of amides is 1. The van der Waals surface area contributed by atoms with E-state index in [1.165, 1.54) is 24.0 Å². The average Bonchev–Trinajstić information content (AvgIpc) is 3.92. The Kier molecular flexibility index (Phi) is 5.10. The van der Waals surface area contributed by atoms with E-state index < -0.39 is 0 Å². The van der Waals surface area contributed by atoms with Crippen molar-refractivity contribution in [3.63, 3.8) is 0 Å². The van der Waals surface area contributed by atoms with E-state index in [0.717, 1.165) is 38.0 Å². The summed E-state index contributed by atoms with van der Waals surface area (Å²) in [5.74, 6) is 1.85. The summed E-state index contributed by atoms with van der Waals surface area (Å²) < 4.78 is 9.12. The Morgan fingerprint density at radius 2 is 1.88 bits per heavy atom. The highest BCUT2D eigenvalue weighted by molar-refractivity contribution is 5.97. The van der Waals surface area contributed by atoms with E-state index >= 15 is 0 Å². The molecule has 2 fully saturated rings. The zero-order valence-electron chi connectivity index (χ0n) is 24.0. The van der Waals surface area contributed by atoms with E-state index in [0.29, 0.717) is 52.9 Å². The van der Waals surface area contributed by atoms with Gasteiger partial charge in [0, 0.05) is 36.9 Å². The van der Waals surface area contributed by atoms with E-state index in [1.54, 1.807) is 20.5 Å². The molecule has 2 saturated carbocycles. The second kappa shape index (κ2) is 8.76. The van der Waals surface area contributed by atoms with Crippen molar-refractivity contribution in [2.24, 2.45) is 5.41 Å². The molecule has 0 saturated heterocycles. The van der Waals surface area contributed by atoms with E-state index in [4.69, 9.17) is 14.7 Å². The van der Waals surface area contributed by atoms with Crippen LogP contribution in [0.3, 0.4) is 0 Å². The molecule has 11 heteroatoms. The molecule has 1 amide bonds. The Hall–Kier alpha value is -4.51. The first kappa shape index (κ1) is 25.0. The molecule has 2 bridgehead atoms. The smallest absolute Gasteiger partial charge is 0.278 e. The number of likely N-dealkylation sites (N-methyl/N-ethyl adjacent to an activating group) is 1. The number of nitrogens with one attached hydrogen (secondary N) is 1. The van der Waals surface area contributed by atoms with Crippen molar-refractivity contribution >= 4 is 34.4 Å². The second-order valence-corrected chi connectivity index (χ2v) is 13.0. The van der Waals surface area contributed by atoms with E-state index in [9.17, 15) is 9.59 Å². The fraction of sp³-hybridized carbons (Fsp3) is 0.406. The van der Waals surface area contributed by atoms with E-state index in [1.807, 2.05) is 18.2 Å². The van der Waals surface area contributed by atoms with Gasteiger partial charge in [0.1, 0.15) is 5.39 Å². The molecule has 2 aliphatic carbocycles. The Balaban J connectivity index is 1.15. The molecular weight excluding hydrogens is 544 g/mol. The Bertz CT molecular complexity index is 1930. The summed E-state index contributed by atoms with van der Waals surface area (Å²) >= 11 is 0. The second-order valence-electron chi connectivity index (χ2n) is 13.0. The van der Waals surface area contributed by atoms with Crippen molar-refractivity contribution in [3.05, 3.63) is 70.2 Å². The fourth-order valence-corrected chi connectivity index (χ4v) is 7.26. The number of rotatable bonds is 2. The summed E-state index contributed by atoms with van der Waals surface area (Å²) in [6.07, 6.45) is 11.2. The highest BCUT2D eigenvalue weighted by atomic mass is 16.5. The molecule has 4 aromatic rings. The molecular formula is C32H32N8O3. The van der Waals surface area contributed by atoms with Crippen LogP contribution in [0, 0.1) is 5.41 Å². The summed E-state index contributed by atoms with van der Waals surface area (Å²) in [4.78, 5) is 45.2. The predicted octanol–water partition coefficient (Wildman–Crippen LogP) is 3.66. The first-order valence-corrected chi connectivity index (χ1v) is 15.1. The summed E-state index contributed by atoms with van der Waals surface area (Å²) in [5, 5.41) is 3.79. The van der Waals surface area contributed by atoms with Crippen LogP contribution in [0.5, 0.6) is 5.75 Å². The zero-order valence-corrected chi connectivity index (χ0v) is 24.0. The van der Waals surface area contributed by atoms with Crippen LogP contribution in [0.2, 0.25) is 0 Å². The van der Waals surface area contributed by atoms with Crippen molar-refractivity contribution in [2.75, 3.05) is 37.0 Å². The molecule has 0 radical (unpaired) electrons. The van der Waals surface area contributed by atoms with Gasteiger partial charge in [0.2, 0.25) is 5.95 Å². The van der Waals surface area contributed by atoms with Gasteiger partial charge in [-0.1, -0.05) is 18.2 Å². The van der Waals surface area contributed by atoms with Crippen molar-refractivity contribution in [2.45, 2.75) is 50.6 Å². The first-order chi connectivity index (χ1) is 20.9. The Labute approximate surface area is 247 Å². The number of carbonyl (C=O) groups is 1. The number of anilines is 3. The number of aromatic nitrogens is 5. The number of ether oxygens (including phenoxy) is 1. The number of hydrogen-bond acceptors (Lipinski definition) is 8. The summed E-state index contributed by atoms with van der Waals surface area (Å²) in [6, 6.07) is 10.2. The van der Waals surface area contributed by atoms with Gasteiger partial charge in [-0.15, -0.1) is 0 Å². The van der Waals surface area contributed by atoms with Crippen LogP contribution >= 0.6 is 0 Å². The Morgan fingerprint density at radius 3 is 2.72 bits per heavy atom. The third-order valence-electron chi connectivity index (χ3n) is 9.87. The topological polar surface area (TPSA) is 110 Å². The summed E-state index contributed by atoms with van der Waals surface area (Å²) in [6.45, 7) is 3.00. The maximum absolute atomic E-state index is 13.7. The molecule has 2 spiro atoms. The molecule has 5 aliphatic rings. The van der Waals surface area contributed by atoms with Crippen LogP contribution in [0.4, 0.5) is 17.5 Å². The molecule has 218 valence electrons. The molecule has 6 heterocycles. The number of benzene rings is 1. The van der Waals surface area contributed by atoms with Gasteiger partial charge < -0.3 is 15.0 Å². The SMILES string of the molecule is CN1Cc2cc(Nc3ncc4c(=O)n5n(c4n3)-c3ccc4c(n3)N(CC3(CC=CC5)CC3)C(=O)CO4)ccc2C2(CC2)C1. The van der Waals surface area contributed by atoms with Crippen LogP contribution in [0.1, 0.15) is 43.2 Å². The molecule has 0 unspecified atom stereocenters. The van der Waals surface area contributed by atoms with Gasteiger partial charge in [0.15, 0.2) is 29.6 Å². The van der Waals surface area contributed by atoms with Crippen molar-refractivity contribution in [1.29, 1.82) is 0 Å². The van der Waals surface area contributed by atoms with Crippen molar-refractivity contribution in [3.8, 4) is 11.6 Å². The number of allylic oxidation sites excluding steroid dienone is 2. The lowest BCUT2D eigenvalue weighted by Gasteiger charge is -2.32. The third-order valence-corrected chi connectivity index (χ3v) is 9.87. The molecule has 3 aliphatic heterocycles. The molecule has 3 aromatic heterocycles. The maximum atomic E-state index is 13.7. The van der Waals surface area contributed by atoms with Gasteiger partial charge in [-0.2, -0.15) is 4.98 Å². The number of nitrogens with zero attached hydrogens (tertiary/aromatic N) is 7. The number of carbonyl (C=O) groups excluding carboxylic acids is 1. The predicted molar refractivity (Wildman–Crippen MR) is 161 cm³/mol. The van der Waals surface area contributed by atoms with Gasteiger partial charge in [-0.25, -0.2) is 19.3 Å². The quantitative estimate of drug-likeness (QED) is 0.360.